The van der Waals surface area contributed by atoms with E-state index in [-0.39, 0.29) is 29.9 Å². The van der Waals surface area contributed by atoms with E-state index in [9.17, 15) is 4.79 Å². The zero-order chi connectivity index (χ0) is 14.5. The highest BCUT2D eigenvalue weighted by Gasteiger charge is 2.40. The van der Waals surface area contributed by atoms with Crippen LogP contribution in [0, 0.1) is 0 Å². The Labute approximate surface area is 90.9 Å². The maximum absolute atomic E-state index is 11.8. The molecule has 0 N–H and O–H groups in total. The van der Waals surface area contributed by atoms with Crippen molar-refractivity contribution >= 4 is 5.78 Å². The standard InChI is InChI=1S/C12H14O2/c1-12(2)11(13)8-10(14-12)9-6-4-3-5-7-9/h3-7,10H,8H2,1-2H3/i3D,4D,5D,6D,7D. The molecule has 2 heteroatoms. The van der Waals surface area contributed by atoms with Crippen LogP contribution >= 0.6 is 0 Å². The van der Waals surface area contributed by atoms with Crippen molar-refractivity contribution in [2.45, 2.75) is 32.0 Å². The van der Waals surface area contributed by atoms with Gasteiger partial charge in [0.05, 0.1) is 13.0 Å². The van der Waals surface area contributed by atoms with Gasteiger partial charge in [0.2, 0.25) is 0 Å². The number of benzene rings is 1. The summed E-state index contributed by atoms with van der Waals surface area (Å²) in [6, 6.07) is -1.86. The fourth-order valence-electron chi connectivity index (χ4n) is 1.46. The van der Waals surface area contributed by atoms with Crippen molar-refractivity contribution < 1.29 is 16.4 Å². The summed E-state index contributed by atoms with van der Waals surface area (Å²) in [5.41, 5.74) is -0.918. The molecule has 0 amide bonds. The summed E-state index contributed by atoms with van der Waals surface area (Å²) in [6.07, 6.45) is -0.752. The minimum absolute atomic E-state index is 0.0288. The van der Waals surface area contributed by atoms with Crippen LogP contribution in [0.5, 0.6) is 0 Å². The van der Waals surface area contributed by atoms with Crippen LogP contribution in [0.1, 0.15) is 38.8 Å². The Morgan fingerprint density at radius 2 is 2.07 bits per heavy atom. The monoisotopic (exact) mass is 195 g/mol. The van der Waals surface area contributed by atoms with E-state index in [1.54, 1.807) is 13.8 Å². The third kappa shape index (κ3) is 1.58. The molecule has 14 heavy (non-hydrogen) atoms. The molecule has 0 aliphatic carbocycles. The first-order valence-corrected chi connectivity index (χ1v) is 4.44. The lowest BCUT2D eigenvalue weighted by molar-refractivity contribution is -0.129. The average molecular weight is 195 g/mol. The van der Waals surface area contributed by atoms with E-state index in [4.69, 9.17) is 11.6 Å². The minimum Gasteiger partial charge on any atom is -0.359 e. The number of hydrogen-bond donors (Lipinski definition) is 0. The maximum atomic E-state index is 11.8. The molecule has 2 nitrogen and oxygen atoms in total. The molecule has 1 aromatic carbocycles. The number of carbonyl (C=O) groups is 1. The fraction of sp³-hybridized carbons (Fsp3) is 0.417. The Balaban J connectivity index is 2.56. The van der Waals surface area contributed by atoms with Crippen molar-refractivity contribution in [3.63, 3.8) is 0 Å². The van der Waals surface area contributed by atoms with Crippen LogP contribution < -0.4 is 0 Å². The van der Waals surface area contributed by atoms with Gasteiger partial charge >= 0.3 is 0 Å². The third-order valence-electron chi connectivity index (χ3n) is 2.32. The molecule has 1 unspecified atom stereocenters. The van der Waals surface area contributed by atoms with Crippen LogP contribution in [0.15, 0.2) is 30.2 Å². The van der Waals surface area contributed by atoms with Crippen LogP contribution in [-0.4, -0.2) is 11.4 Å². The van der Waals surface area contributed by atoms with Gasteiger partial charge in [-0.05, 0) is 19.4 Å². The van der Waals surface area contributed by atoms with Gasteiger partial charge in [-0.3, -0.25) is 4.79 Å². The van der Waals surface area contributed by atoms with E-state index < -0.39 is 29.8 Å². The lowest BCUT2D eigenvalue weighted by Crippen LogP contribution is -2.26. The quantitative estimate of drug-likeness (QED) is 0.688. The zero-order valence-electron chi connectivity index (χ0n) is 13.1. The zero-order valence-corrected chi connectivity index (χ0v) is 8.10. The fourth-order valence-corrected chi connectivity index (χ4v) is 1.46. The normalized spacial score (nSPS) is 30.3. The summed E-state index contributed by atoms with van der Waals surface area (Å²) in [7, 11) is 0. The lowest BCUT2D eigenvalue weighted by atomic mass is 10.0. The van der Waals surface area contributed by atoms with Gasteiger partial charge in [-0.15, -0.1) is 0 Å². The summed E-state index contributed by atoms with van der Waals surface area (Å²) in [5, 5.41) is 0. The van der Waals surface area contributed by atoms with E-state index in [1.165, 1.54) is 0 Å². The molecule has 0 radical (unpaired) electrons. The molecule has 0 spiro atoms. The topological polar surface area (TPSA) is 26.3 Å². The van der Waals surface area contributed by atoms with Crippen molar-refractivity contribution in [1.29, 1.82) is 0 Å². The molecule has 74 valence electrons. The second kappa shape index (κ2) is 3.21. The molecule has 1 heterocycles. The predicted molar refractivity (Wildman–Crippen MR) is 54.0 cm³/mol. The SMILES string of the molecule is [2H]c1c([2H])c([2H])c(C2CC(=O)C(C)(C)O2)c([2H])c1[2H]. The van der Waals surface area contributed by atoms with E-state index in [0.717, 1.165) is 0 Å². The van der Waals surface area contributed by atoms with Gasteiger partial charge in [0.1, 0.15) is 5.60 Å². The van der Waals surface area contributed by atoms with Crippen molar-refractivity contribution in [2.24, 2.45) is 0 Å². The first-order valence-electron chi connectivity index (χ1n) is 6.94. The number of Topliss-reactive ketones (excluding diaryl/α,β-unsaturated/α-hetero) is 1. The predicted octanol–water partition coefficient (Wildman–Crippen LogP) is 2.50. The molecule has 1 atom stereocenters. The van der Waals surface area contributed by atoms with Gasteiger partial charge in [0, 0.05) is 6.42 Å². The molecular weight excluding hydrogens is 176 g/mol. The summed E-state index contributed by atoms with van der Waals surface area (Å²) >= 11 is 0. The maximum Gasteiger partial charge on any atom is 0.167 e. The number of hydrogen-bond acceptors (Lipinski definition) is 2. The average Bonchev–Trinajstić information content (AvgIpc) is 2.59. The molecule has 0 bridgehead atoms. The van der Waals surface area contributed by atoms with Gasteiger partial charge in [-0.25, -0.2) is 0 Å². The second-order valence-electron chi connectivity index (χ2n) is 3.78. The molecule has 1 saturated heterocycles. The van der Waals surface area contributed by atoms with Crippen molar-refractivity contribution in [3.05, 3.63) is 35.8 Å². The highest BCUT2D eigenvalue weighted by atomic mass is 16.5. The van der Waals surface area contributed by atoms with Crippen LogP contribution in [0.4, 0.5) is 0 Å². The van der Waals surface area contributed by atoms with E-state index >= 15 is 0 Å². The van der Waals surface area contributed by atoms with Gasteiger partial charge < -0.3 is 4.74 Å². The largest absolute Gasteiger partial charge is 0.359 e. The molecule has 1 aliphatic rings. The highest BCUT2D eigenvalue weighted by Crippen LogP contribution is 2.36. The number of carbonyl (C=O) groups excluding carboxylic acids is 1. The molecule has 1 aromatic rings. The van der Waals surface area contributed by atoms with Crippen LogP contribution in [0.3, 0.4) is 0 Å². The smallest absolute Gasteiger partial charge is 0.167 e. The molecule has 1 aliphatic heterocycles. The first-order chi connectivity index (χ1) is 8.66. The molecule has 0 aromatic heterocycles. The number of ether oxygens (including phenoxy) is 1. The van der Waals surface area contributed by atoms with Gasteiger partial charge in [0.25, 0.3) is 0 Å². The van der Waals surface area contributed by atoms with Gasteiger partial charge in [0.15, 0.2) is 5.78 Å². The summed E-state index contributed by atoms with van der Waals surface area (Å²) in [4.78, 5) is 11.8. The summed E-state index contributed by atoms with van der Waals surface area (Å²) in [5.74, 6) is -0.135. The Hall–Kier alpha value is -1.15. The number of ketones is 1. The van der Waals surface area contributed by atoms with Gasteiger partial charge in [-0.1, -0.05) is 30.2 Å². The third-order valence-corrected chi connectivity index (χ3v) is 2.32. The minimum atomic E-state index is -0.979. The molecule has 1 fully saturated rings. The Morgan fingerprint density at radius 3 is 2.57 bits per heavy atom. The van der Waals surface area contributed by atoms with E-state index in [0.29, 0.717) is 0 Å². The van der Waals surface area contributed by atoms with Crippen LogP contribution in [0.2, 0.25) is 0 Å². The first kappa shape index (κ1) is 5.08. The second-order valence-corrected chi connectivity index (χ2v) is 3.78. The molecule has 0 saturated carbocycles. The molecule has 2 rings (SSSR count). The van der Waals surface area contributed by atoms with E-state index in [1.807, 2.05) is 0 Å². The van der Waals surface area contributed by atoms with Gasteiger partial charge in [-0.2, -0.15) is 0 Å². The van der Waals surface area contributed by atoms with E-state index in [2.05, 4.69) is 0 Å². The Kier molecular flexibility index (Phi) is 1.16. The summed E-state index contributed by atoms with van der Waals surface area (Å²) < 4.78 is 43.9. The lowest BCUT2D eigenvalue weighted by Gasteiger charge is -2.17. The van der Waals surface area contributed by atoms with Crippen molar-refractivity contribution in [1.82, 2.24) is 0 Å². The summed E-state index contributed by atoms with van der Waals surface area (Å²) in [6.45, 7) is 3.23. The van der Waals surface area contributed by atoms with Crippen molar-refractivity contribution in [3.8, 4) is 0 Å². The van der Waals surface area contributed by atoms with Crippen LogP contribution in [-0.2, 0) is 9.53 Å². The Bertz CT molecular complexity index is 539. The van der Waals surface area contributed by atoms with Crippen LogP contribution in [0.25, 0.3) is 0 Å². The number of rotatable bonds is 1. The highest BCUT2D eigenvalue weighted by molar-refractivity contribution is 5.88. The molecular formula is C12H14O2. The van der Waals surface area contributed by atoms with Crippen molar-refractivity contribution in [2.75, 3.05) is 0 Å². The Morgan fingerprint density at radius 1 is 1.43 bits per heavy atom.